The van der Waals surface area contributed by atoms with E-state index in [4.69, 9.17) is 4.74 Å². The summed E-state index contributed by atoms with van der Waals surface area (Å²) in [4.78, 5) is 2.12. The molecule has 0 saturated heterocycles. The molecule has 0 saturated carbocycles. The zero-order valence-corrected chi connectivity index (χ0v) is 7.87. The second-order valence-corrected chi connectivity index (χ2v) is 3.05. The smallest absolute Gasteiger partial charge is 0.123 e. The Morgan fingerprint density at radius 2 is 1.92 bits per heavy atom. The van der Waals surface area contributed by atoms with Crippen LogP contribution < -0.4 is 4.74 Å². The predicted molar refractivity (Wildman–Crippen MR) is 50.4 cm³/mol. The molecule has 2 heteroatoms. The highest BCUT2D eigenvalue weighted by Gasteiger charge is 2.01. The fourth-order valence-corrected chi connectivity index (χ4v) is 1.17. The quantitative estimate of drug-likeness (QED) is 0.676. The molecule has 0 aliphatic rings. The number of nitrogens with zero attached hydrogens (tertiary/aromatic N) is 1. The molecule has 0 aliphatic heterocycles. The lowest BCUT2D eigenvalue weighted by Crippen LogP contribution is -2.11. The number of hydrogen-bond acceptors (Lipinski definition) is 2. The molecule has 0 aromatic heterocycles. The number of rotatable bonds is 3. The molecule has 0 heterocycles. The van der Waals surface area contributed by atoms with Gasteiger partial charge in [0.15, 0.2) is 0 Å². The highest BCUT2D eigenvalue weighted by Crippen LogP contribution is 2.17. The Morgan fingerprint density at radius 3 is 2.50 bits per heavy atom. The van der Waals surface area contributed by atoms with Gasteiger partial charge in [0, 0.05) is 12.1 Å². The van der Waals surface area contributed by atoms with Crippen LogP contribution >= 0.6 is 0 Å². The Hall–Kier alpha value is -1.02. The Kier molecular flexibility index (Phi) is 3.11. The summed E-state index contributed by atoms with van der Waals surface area (Å²) in [6.07, 6.45) is 0. The number of methoxy groups -OCH3 is 1. The molecule has 0 atom stereocenters. The summed E-state index contributed by atoms with van der Waals surface area (Å²) in [7, 11) is 5.80. The van der Waals surface area contributed by atoms with Crippen molar-refractivity contribution in [3.05, 3.63) is 29.8 Å². The van der Waals surface area contributed by atoms with Crippen molar-refractivity contribution in [2.75, 3.05) is 21.2 Å². The number of para-hydroxylation sites is 1. The van der Waals surface area contributed by atoms with Gasteiger partial charge in [0.25, 0.3) is 0 Å². The van der Waals surface area contributed by atoms with E-state index in [2.05, 4.69) is 11.0 Å². The van der Waals surface area contributed by atoms with Gasteiger partial charge in [-0.1, -0.05) is 18.2 Å². The van der Waals surface area contributed by atoms with Gasteiger partial charge in [-0.2, -0.15) is 0 Å². The molecular weight excluding hydrogens is 150 g/mol. The molecule has 0 amide bonds. The predicted octanol–water partition coefficient (Wildman–Crippen LogP) is 1.76. The SMILES string of the molecule is COc1ccccc1CN(C)C. The molecule has 1 aromatic rings. The maximum atomic E-state index is 5.22. The van der Waals surface area contributed by atoms with Gasteiger partial charge in [-0.15, -0.1) is 0 Å². The van der Waals surface area contributed by atoms with E-state index in [0.29, 0.717) is 0 Å². The lowest BCUT2D eigenvalue weighted by Gasteiger charge is -2.12. The summed E-state index contributed by atoms with van der Waals surface area (Å²) in [6, 6.07) is 8.08. The van der Waals surface area contributed by atoms with Crippen molar-refractivity contribution in [2.45, 2.75) is 6.54 Å². The van der Waals surface area contributed by atoms with Crippen LogP contribution in [0.1, 0.15) is 5.56 Å². The van der Waals surface area contributed by atoms with Gasteiger partial charge in [-0.3, -0.25) is 0 Å². The molecule has 66 valence electrons. The first-order chi connectivity index (χ1) is 5.74. The molecule has 0 unspecified atom stereocenters. The third-order valence-corrected chi connectivity index (χ3v) is 1.68. The minimum atomic E-state index is 0.921. The van der Waals surface area contributed by atoms with Gasteiger partial charge in [-0.25, -0.2) is 0 Å². The van der Waals surface area contributed by atoms with Crippen LogP contribution in [0.4, 0.5) is 0 Å². The van der Waals surface area contributed by atoms with Crippen molar-refractivity contribution in [3.8, 4) is 5.75 Å². The Labute approximate surface area is 73.8 Å². The van der Waals surface area contributed by atoms with Crippen LogP contribution in [-0.2, 0) is 6.54 Å². The van der Waals surface area contributed by atoms with Crippen molar-refractivity contribution in [2.24, 2.45) is 0 Å². The van der Waals surface area contributed by atoms with Crippen molar-refractivity contribution in [3.63, 3.8) is 0 Å². The number of benzene rings is 1. The summed E-state index contributed by atoms with van der Waals surface area (Å²) >= 11 is 0. The largest absolute Gasteiger partial charge is 0.496 e. The molecule has 2 nitrogen and oxygen atoms in total. The van der Waals surface area contributed by atoms with E-state index >= 15 is 0 Å². The minimum Gasteiger partial charge on any atom is -0.496 e. The molecule has 0 aliphatic carbocycles. The number of hydrogen-bond donors (Lipinski definition) is 0. The van der Waals surface area contributed by atoms with Gasteiger partial charge in [0.05, 0.1) is 7.11 Å². The summed E-state index contributed by atoms with van der Waals surface area (Å²) in [5, 5.41) is 0. The second-order valence-electron chi connectivity index (χ2n) is 3.05. The summed E-state index contributed by atoms with van der Waals surface area (Å²) in [5.74, 6) is 0.964. The first-order valence-corrected chi connectivity index (χ1v) is 4.00. The Morgan fingerprint density at radius 1 is 1.25 bits per heavy atom. The lowest BCUT2D eigenvalue weighted by atomic mass is 10.2. The third kappa shape index (κ3) is 2.24. The van der Waals surface area contributed by atoms with Crippen molar-refractivity contribution in [1.29, 1.82) is 0 Å². The fourth-order valence-electron chi connectivity index (χ4n) is 1.17. The van der Waals surface area contributed by atoms with E-state index in [9.17, 15) is 0 Å². The van der Waals surface area contributed by atoms with Crippen LogP contribution in [0.3, 0.4) is 0 Å². The van der Waals surface area contributed by atoms with Crippen molar-refractivity contribution >= 4 is 0 Å². The van der Waals surface area contributed by atoms with E-state index in [0.717, 1.165) is 12.3 Å². The minimum absolute atomic E-state index is 0.921. The first kappa shape index (κ1) is 9.07. The normalized spacial score (nSPS) is 10.3. The van der Waals surface area contributed by atoms with Crippen LogP contribution in [0.5, 0.6) is 5.75 Å². The first-order valence-electron chi connectivity index (χ1n) is 4.00. The summed E-state index contributed by atoms with van der Waals surface area (Å²) in [6.45, 7) is 0.921. The molecule has 0 bridgehead atoms. The standard InChI is InChI=1S/C10H15NO/c1-11(2)8-9-6-4-5-7-10(9)12-3/h4-7H,8H2,1-3H3. The van der Waals surface area contributed by atoms with Crippen LogP contribution in [-0.4, -0.2) is 26.1 Å². The van der Waals surface area contributed by atoms with Gasteiger partial charge >= 0.3 is 0 Å². The van der Waals surface area contributed by atoms with Crippen LogP contribution in [0, 0.1) is 0 Å². The van der Waals surface area contributed by atoms with Crippen molar-refractivity contribution in [1.82, 2.24) is 4.90 Å². The Balaban J connectivity index is 2.82. The van der Waals surface area contributed by atoms with E-state index in [-0.39, 0.29) is 0 Å². The molecule has 1 rings (SSSR count). The third-order valence-electron chi connectivity index (χ3n) is 1.68. The van der Waals surface area contributed by atoms with Gasteiger partial charge < -0.3 is 9.64 Å². The molecular formula is C10H15NO. The van der Waals surface area contributed by atoms with E-state index < -0.39 is 0 Å². The topological polar surface area (TPSA) is 12.5 Å². The molecule has 0 fully saturated rings. The van der Waals surface area contributed by atoms with E-state index in [1.54, 1.807) is 7.11 Å². The highest BCUT2D eigenvalue weighted by atomic mass is 16.5. The van der Waals surface area contributed by atoms with Gasteiger partial charge in [-0.05, 0) is 20.2 Å². The van der Waals surface area contributed by atoms with Gasteiger partial charge in [0.2, 0.25) is 0 Å². The molecule has 0 spiro atoms. The zero-order chi connectivity index (χ0) is 8.97. The van der Waals surface area contributed by atoms with Gasteiger partial charge in [0.1, 0.15) is 5.75 Å². The number of ether oxygens (including phenoxy) is 1. The lowest BCUT2D eigenvalue weighted by molar-refractivity contribution is 0.372. The van der Waals surface area contributed by atoms with Crippen LogP contribution in [0.2, 0.25) is 0 Å². The zero-order valence-electron chi connectivity index (χ0n) is 7.87. The highest BCUT2D eigenvalue weighted by molar-refractivity contribution is 5.32. The Bertz CT molecular complexity index is 245. The summed E-state index contributed by atoms with van der Waals surface area (Å²) in [5.41, 5.74) is 1.23. The average Bonchev–Trinajstić information content (AvgIpc) is 2.04. The molecule has 0 radical (unpaired) electrons. The summed E-state index contributed by atoms with van der Waals surface area (Å²) < 4.78 is 5.22. The molecule has 1 aromatic carbocycles. The van der Waals surface area contributed by atoms with E-state index in [1.807, 2.05) is 32.3 Å². The van der Waals surface area contributed by atoms with E-state index in [1.165, 1.54) is 5.56 Å². The van der Waals surface area contributed by atoms with Crippen LogP contribution in [0.25, 0.3) is 0 Å². The molecule has 12 heavy (non-hydrogen) atoms. The maximum Gasteiger partial charge on any atom is 0.123 e. The molecule has 0 N–H and O–H groups in total. The van der Waals surface area contributed by atoms with Crippen molar-refractivity contribution < 1.29 is 4.74 Å². The van der Waals surface area contributed by atoms with Crippen LogP contribution in [0.15, 0.2) is 24.3 Å². The average molecular weight is 165 g/mol. The fraction of sp³-hybridized carbons (Fsp3) is 0.400. The second kappa shape index (κ2) is 4.12. The maximum absolute atomic E-state index is 5.22. The monoisotopic (exact) mass is 165 g/mol.